The van der Waals surface area contributed by atoms with Crippen molar-refractivity contribution in [3.63, 3.8) is 0 Å². The number of carbonyl (C=O) groups excluding carboxylic acids is 1. The topological polar surface area (TPSA) is 64.2 Å². The molecular formula is C23H20F2N4O2. The summed E-state index contributed by atoms with van der Waals surface area (Å²) in [5.41, 5.74) is 2.60. The number of imidazole rings is 1. The molecule has 6 nitrogen and oxygen atoms in total. The van der Waals surface area contributed by atoms with Gasteiger partial charge in [0.2, 0.25) is 0 Å². The Kier molecular flexibility index (Phi) is 4.97. The van der Waals surface area contributed by atoms with Gasteiger partial charge < -0.3 is 14.0 Å². The highest BCUT2D eigenvalue weighted by Crippen LogP contribution is 2.25. The summed E-state index contributed by atoms with van der Waals surface area (Å²) < 4.78 is 34.0. The molecule has 0 atom stereocenters. The molecule has 0 spiro atoms. The molecule has 2 aromatic heterocycles. The van der Waals surface area contributed by atoms with Crippen LogP contribution in [0.1, 0.15) is 23.3 Å². The van der Waals surface area contributed by atoms with Gasteiger partial charge in [0.1, 0.15) is 0 Å². The second kappa shape index (κ2) is 7.94. The van der Waals surface area contributed by atoms with Crippen LogP contribution in [0.15, 0.2) is 59.4 Å². The molecule has 2 aromatic carbocycles. The Labute approximate surface area is 177 Å². The van der Waals surface area contributed by atoms with Crippen molar-refractivity contribution in [1.82, 2.24) is 19.6 Å². The van der Waals surface area contributed by atoms with E-state index < -0.39 is 11.6 Å². The zero-order valence-electron chi connectivity index (χ0n) is 16.7. The van der Waals surface area contributed by atoms with E-state index in [4.69, 9.17) is 4.52 Å². The Morgan fingerprint density at radius 3 is 2.68 bits per heavy atom. The first-order valence-electron chi connectivity index (χ1n) is 10.2. The third-order valence-corrected chi connectivity index (χ3v) is 5.82. The van der Waals surface area contributed by atoms with Gasteiger partial charge in [-0.05, 0) is 49.1 Å². The minimum absolute atomic E-state index is 0.166. The molecule has 1 fully saturated rings. The summed E-state index contributed by atoms with van der Waals surface area (Å²) in [7, 11) is 0. The largest absolute Gasteiger partial charge is 0.355 e. The molecule has 1 saturated heterocycles. The smallest absolute Gasteiger partial charge is 0.276 e. The fraction of sp³-hybridized carbons (Fsp3) is 0.261. The summed E-state index contributed by atoms with van der Waals surface area (Å²) in [5, 5.41) is 3.84. The van der Waals surface area contributed by atoms with Crippen molar-refractivity contribution in [1.29, 1.82) is 0 Å². The molecule has 0 aliphatic carbocycles. The fourth-order valence-electron chi connectivity index (χ4n) is 4.08. The van der Waals surface area contributed by atoms with Gasteiger partial charge in [-0.3, -0.25) is 4.79 Å². The summed E-state index contributed by atoms with van der Waals surface area (Å²) in [4.78, 5) is 19.0. The predicted molar refractivity (Wildman–Crippen MR) is 110 cm³/mol. The van der Waals surface area contributed by atoms with E-state index in [-0.39, 0.29) is 17.4 Å². The van der Waals surface area contributed by atoms with Gasteiger partial charge in [-0.15, -0.1) is 0 Å². The second-order valence-corrected chi connectivity index (χ2v) is 7.83. The molecule has 1 amide bonds. The highest BCUT2D eigenvalue weighted by atomic mass is 19.2. The lowest BCUT2D eigenvalue weighted by atomic mass is 9.96. The van der Waals surface area contributed by atoms with Crippen molar-refractivity contribution in [2.75, 3.05) is 13.1 Å². The number of amides is 1. The van der Waals surface area contributed by atoms with Gasteiger partial charge in [0.25, 0.3) is 5.91 Å². The van der Waals surface area contributed by atoms with Crippen molar-refractivity contribution in [3.05, 3.63) is 72.2 Å². The predicted octanol–water partition coefficient (Wildman–Crippen LogP) is 4.52. The van der Waals surface area contributed by atoms with Gasteiger partial charge in [0.05, 0.1) is 17.4 Å². The third kappa shape index (κ3) is 3.81. The Morgan fingerprint density at radius 2 is 1.87 bits per heavy atom. The number of fused-ring (bicyclic) bond motifs is 1. The summed E-state index contributed by atoms with van der Waals surface area (Å²) in [6.45, 7) is 2.12. The fourth-order valence-corrected chi connectivity index (χ4v) is 4.08. The lowest BCUT2D eigenvalue weighted by Gasteiger charge is -2.31. The van der Waals surface area contributed by atoms with Crippen LogP contribution in [0.5, 0.6) is 0 Å². The van der Waals surface area contributed by atoms with Gasteiger partial charge >= 0.3 is 0 Å². The van der Waals surface area contributed by atoms with E-state index in [2.05, 4.69) is 20.8 Å². The van der Waals surface area contributed by atoms with E-state index in [0.717, 1.165) is 42.6 Å². The van der Waals surface area contributed by atoms with E-state index in [1.807, 2.05) is 24.5 Å². The van der Waals surface area contributed by atoms with Gasteiger partial charge in [0.15, 0.2) is 23.1 Å². The van der Waals surface area contributed by atoms with Gasteiger partial charge in [-0.2, -0.15) is 0 Å². The number of piperidine rings is 1. The van der Waals surface area contributed by atoms with Gasteiger partial charge in [0, 0.05) is 31.3 Å². The highest BCUT2D eigenvalue weighted by molar-refractivity contribution is 5.93. The van der Waals surface area contributed by atoms with Crippen molar-refractivity contribution in [2.45, 2.75) is 19.4 Å². The molecule has 31 heavy (non-hydrogen) atoms. The van der Waals surface area contributed by atoms with Crippen LogP contribution in [-0.4, -0.2) is 38.6 Å². The van der Waals surface area contributed by atoms with E-state index in [0.29, 0.717) is 24.6 Å². The standard InChI is InChI=1S/C23H20F2N4O2/c24-17-6-5-16(11-18(17)25)22-12-20(27-31-22)23(30)28-9-7-15(8-10-28)13-29-14-26-19-3-1-2-4-21(19)29/h1-6,11-12,14-15H,7-10,13H2. The van der Waals surface area contributed by atoms with Crippen molar-refractivity contribution < 1.29 is 18.1 Å². The van der Waals surface area contributed by atoms with Crippen LogP contribution < -0.4 is 0 Å². The normalized spacial score (nSPS) is 15.0. The van der Waals surface area contributed by atoms with Crippen LogP contribution in [0.25, 0.3) is 22.4 Å². The van der Waals surface area contributed by atoms with E-state index >= 15 is 0 Å². The summed E-state index contributed by atoms with van der Waals surface area (Å²) in [6, 6.07) is 12.9. The SMILES string of the molecule is O=C(c1cc(-c2ccc(F)c(F)c2)on1)N1CCC(Cn2cnc3ccccc32)CC1. The Hall–Kier alpha value is -3.55. The van der Waals surface area contributed by atoms with Gasteiger partial charge in [-0.1, -0.05) is 17.3 Å². The van der Waals surface area contributed by atoms with Crippen LogP contribution in [0, 0.1) is 17.6 Å². The molecule has 0 unspecified atom stereocenters. The Morgan fingerprint density at radius 1 is 1.06 bits per heavy atom. The molecule has 0 N–H and O–H groups in total. The van der Waals surface area contributed by atoms with Crippen LogP contribution in [0.4, 0.5) is 8.78 Å². The molecule has 0 radical (unpaired) electrons. The maximum absolute atomic E-state index is 13.5. The summed E-state index contributed by atoms with van der Waals surface area (Å²) in [6.07, 6.45) is 3.63. The number of likely N-dealkylation sites (tertiary alicyclic amines) is 1. The minimum atomic E-state index is -0.977. The first-order valence-corrected chi connectivity index (χ1v) is 10.2. The zero-order chi connectivity index (χ0) is 21.4. The summed E-state index contributed by atoms with van der Waals surface area (Å²) in [5.74, 6) is -1.45. The van der Waals surface area contributed by atoms with Crippen LogP contribution in [0.2, 0.25) is 0 Å². The van der Waals surface area contributed by atoms with E-state index in [9.17, 15) is 13.6 Å². The Bertz CT molecular complexity index is 1240. The average Bonchev–Trinajstić information content (AvgIpc) is 3.44. The molecule has 5 rings (SSSR count). The first kappa shape index (κ1) is 19.4. The number of para-hydroxylation sites is 2. The number of halogens is 2. The van der Waals surface area contributed by atoms with E-state index in [1.165, 1.54) is 12.1 Å². The quantitative estimate of drug-likeness (QED) is 0.485. The third-order valence-electron chi connectivity index (χ3n) is 5.82. The molecule has 0 bridgehead atoms. The lowest BCUT2D eigenvalue weighted by Crippen LogP contribution is -2.39. The monoisotopic (exact) mass is 422 g/mol. The molecule has 4 aromatic rings. The number of aromatic nitrogens is 3. The molecule has 3 heterocycles. The molecule has 1 aliphatic heterocycles. The lowest BCUT2D eigenvalue weighted by molar-refractivity contribution is 0.0673. The maximum Gasteiger partial charge on any atom is 0.276 e. The van der Waals surface area contributed by atoms with Gasteiger partial charge in [-0.25, -0.2) is 13.8 Å². The molecular weight excluding hydrogens is 402 g/mol. The zero-order valence-corrected chi connectivity index (χ0v) is 16.7. The molecule has 0 saturated carbocycles. The van der Waals surface area contributed by atoms with Crippen molar-refractivity contribution in [3.8, 4) is 11.3 Å². The number of benzene rings is 2. The number of rotatable bonds is 4. The number of hydrogen-bond acceptors (Lipinski definition) is 4. The molecule has 1 aliphatic rings. The summed E-state index contributed by atoms with van der Waals surface area (Å²) >= 11 is 0. The van der Waals surface area contributed by atoms with Crippen molar-refractivity contribution in [2.24, 2.45) is 5.92 Å². The van der Waals surface area contributed by atoms with E-state index in [1.54, 1.807) is 4.90 Å². The molecule has 8 heteroatoms. The second-order valence-electron chi connectivity index (χ2n) is 7.83. The maximum atomic E-state index is 13.5. The Balaban J connectivity index is 1.22. The first-order chi connectivity index (χ1) is 15.1. The minimum Gasteiger partial charge on any atom is -0.355 e. The highest BCUT2D eigenvalue weighted by Gasteiger charge is 2.26. The van der Waals surface area contributed by atoms with Crippen LogP contribution in [0.3, 0.4) is 0 Å². The average molecular weight is 422 g/mol. The number of carbonyl (C=O) groups is 1. The number of hydrogen-bond donors (Lipinski definition) is 0. The van der Waals surface area contributed by atoms with Crippen molar-refractivity contribution >= 4 is 16.9 Å². The van der Waals surface area contributed by atoms with Crippen LogP contribution in [-0.2, 0) is 6.54 Å². The number of nitrogens with zero attached hydrogens (tertiary/aromatic N) is 4. The molecule has 158 valence electrons. The van der Waals surface area contributed by atoms with Crippen LogP contribution >= 0.6 is 0 Å².